The monoisotopic (exact) mass is 385 g/mol. The second kappa shape index (κ2) is 7.95. The van der Waals surface area contributed by atoms with Crippen molar-refractivity contribution in [1.82, 2.24) is 5.32 Å². The molecule has 1 amide bonds. The second-order valence-electron chi connectivity index (χ2n) is 7.66. The fourth-order valence-electron chi connectivity index (χ4n) is 1.92. The number of alkyl carbamates (subject to hydrolysis) is 1. The van der Waals surface area contributed by atoms with Crippen LogP contribution in [0.1, 0.15) is 63.5 Å². The third-order valence-corrected chi connectivity index (χ3v) is 3.18. The van der Waals surface area contributed by atoms with E-state index in [1.165, 1.54) is 18.2 Å². The molecular formula is C18H24ClNO6. The smallest absolute Gasteiger partial charge is 0.408 e. The number of ether oxygens (including phenoxy) is 2. The summed E-state index contributed by atoms with van der Waals surface area (Å²) in [6, 6.07) is 2.63. The number of hydrogen-bond donors (Lipinski definition) is 2. The normalized spacial score (nSPS) is 12.9. The SMILES string of the molecule is CC(C)(C)OC(=O)NC(C(=O)O)c1ccc(C(=O)OC(C)(C)C)cc1Cl. The number of aliphatic carboxylic acids is 1. The van der Waals surface area contributed by atoms with Crippen LogP contribution in [0.3, 0.4) is 0 Å². The van der Waals surface area contributed by atoms with E-state index in [2.05, 4.69) is 5.32 Å². The Morgan fingerprint density at radius 1 is 1.04 bits per heavy atom. The molecule has 2 N–H and O–H groups in total. The number of amides is 1. The summed E-state index contributed by atoms with van der Waals surface area (Å²) in [6.45, 7) is 10.2. The van der Waals surface area contributed by atoms with Gasteiger partial charge in [0.25, 0.3) is 0 Å². The first-order valence-corrected chi connectivity index (χ1v) is 8.32. The first kappa shape index (κ1) is 21.8. The van der Waals surface area contributed by atoms with Gasteiger partial charge in [0.1, 0.15) is 11.2 Å². The van der Waals surface area contributed by atoms with Gasteiger partial charge >= 0.3 is 18.0 Å². The van der Waals surface area contributed by atoms with E-state index < -0.39 is 35.3 Å². The van der Waals surface area contributed by atoms with Gasteiger partial charge < -0.3 is 19.9 Å². The summed E-state index contributed by atoms with van der Waals surface area (Å²) >= 11 is 6.14. The molecule has 26 heavy (non-hydrogen) atoms. The maximum absolute atomic E-state index is 12.1. The summed E-state index contributed by atoms with van der Waals surface area (Å²) < 4.78 is 10.3. The minimum Gasteiger partial charge on any atom is -0.479 e. The standard InChI is InChI=1S/C18H24ClNO6/c1-17(2,3)25-15(23)10-7-8-11(12(19)9-10)13(14(21)22)20-16(24)26-18(4,5)6/h7-9,13H,1-6H3,(H,20,24)(H,21,22). The zero-order valence-electron chi connectivity index (χ0n) is 15.7. The van der Waals surface area contributed by atoms with E-state index in [1.807, 2.05) is 0 Å². The third-order valence-electron chi connectivity index (χ3n) is 2.85. The molecule has 7 nitrogen and oxygen atoms in total. The van der Waals surface area contributed by atoms with Crippen molar-refractivity contribution in [1.29, 1.82) is 0 Å². The highest BCUT2D eigenvalue weighted by Gasteiger charge is 2.28. The van der Waals surface area contributed by atoms with Crippen molar-refractivity contribution in [2.24, 2.45) is 0 Å². The van der Waals surface area contributed by atoms with Crippen molar-refractivity contribution in [3.05, 3.63) is 34.3 Å². The number of carboxylic acids is 1. The molecule has 0 heterocycles. The fourth-order valence-corrected chi connectivity index (χ4v) is 2.21. The molecule has 0 bridgehead atoms. The number of benzene rings is 1. The van der Waals surface area contributed by atoms with Gasteiger partial charge in [0.05, 0.1) is 5.56 Å². The zero-order valence-corrected chi connectivity index (χ0v) is 16.4. The predicted octanol–water partition coefficient (Wildman–Crippen LogP) is 3.95. The lowest BCUT2D eigenvalue weighted by Crippen LogP contribution is -2.38. The molecule has 0 spiro atoms. The van der Waals surface area contributed by atoms with E-state index in [9.17, 15) is 19.5 Å². The zero-order chi connectivity index (χ0) is 20.3. The summed E-state index contributed by atoms with van der Waals surface area (Å²) in [5, 5.41) is 11.7. The molecule has 1 atom stereocenters. The van der Waals surface area contributed by atoms with E-state index in [1.54, 1.807) is 41.5 Å². The van der Waals surface area contributed by atoms with Crippen LogP contribution < -0.4 is 5.32 Å². The molecule has 0 aromatic heterocycles. The van der Waals surface area contributed by atoms with Crippen molar-refractivity contribution in [3.63, 3.8) is 0 Å². The van der Waals surface area contributed by atoms with Crippen LogP contribution in [-0.4, -0.2) is 34.3 Å². The molecule has 0 fully saturated rings. The van der Waals surface area contributed by atoms with Crippen molar-refractivity contribution in [3.8, 4) is 0 Å². The summed E-state index contributed by atoms with van der Waals surface area (Å²) in [6.07, 6.45) is -0.891. The molecule has 0 saturated heterocycles. The number of hydrogen-bond acceptors (Lipinski definition) is 5. The number of carboxylic acid groups (broad SMARTS) is 1. The third kappa shape index (κ3) is 6.92. The lowest BCUT2D eigenvalue weighted by molar-refractivity contribution is -0.139. The van der Waals surface area contributed by atoms with E-state index in [-0.39, 0.29) is 16.1 Å². The molecular weight excluding hydrogens is 362 g/mol. The first-order chi connectivity index (χ1) is 11.7. The van der Waals surface area contributed by atoms with E-state index in [4.69, 9.17) is 21.1 Å². The van der Waals surface area contributed by atoms with Gasteiger partial charge in [0.2, 0.25) is 0 Å². The molecule has 1 unspecified atom stereocenters. The highest BCUT2D eigenvalue weighted by molar-refractivity contribution is 6.32. The molecule has 144 valence electrons. The fraction of sp³-hybridized carbons (Fsp3) is 0.500. The van der Waals surface area contributed by atoms with Gasteiger partial charge in [-0.3, -0.25) is 0 Å². The van der Waals surface area contributed by atoms with Crippen LogP contribution >= 0.6 is 11.6 Å². The van der Waals surface area contributed by atoms with Gasteiger partial charge in [-0.15, -0.1) is 0 Å². The summed E-state index contributed by atoms with van der Waals surface area (Å²) in [5.74, 6) is -1.90. The Bertz CT molecular complexity index is 703. The van der Waals surface area contributed by atoms with Crippen LogP contribution in [0.5, 0.6) is 0 Å². The number of nitrogens with one attached hydrogen (secondary N) is 1. The van der Waals surface area contributed by atoms with E-state index in [0.717, 1.165) is 0 Å². The molecule has 1 rings (SSSR count). The second-order valence-corrected chi connectivity index (χ2v) is 8.06. The van der Waals surface area contributed by atoms with Gasteiger partial charge in [-0.2, -0.15) is 0 Å². The van der Waals surface area contributed by atoms with Crippen LogP contribution in [0.15, 0.2) is 18.2 Å². The Kier molecular flexibility index (Phi) is 6.65. The molecule has 1 aromatic carbocycles. The number of carbonyl (C=O) groups excluding carboxylic acids is 2. The summed E-state index contributed by atoms with van der Waals surface area (Å²) in [5.41, 5.74) is -1.16. The number of rotatable bonds is 4. The van der Waals surface area contributed by atoms with Gasteiger partial charge in [0, 0.05) is 10.6 Å². The average Bonchev–Trinajstić information content (AvgIpc) is 2.41. The van der Waals surface area contributed by atoms with Gasteiger partial charge in [0.15, 0.2) is 6.04 Å². The van der Waals surface area contributed by atoms with Crippen LogP contribution in [0.25, 0.3) is 0 Å². The molecule has 0 aliphatic carbocycles. The van der Waals surface area contributed by atoms with Crippen molar-refractivity contribution in [2.45, 2.75) is 58.8 Å². The lowest BCUT2D eigenvalue weighted by atomic mass is 10.0. The minimum atomic E-state index is -1.43. The molecule has 0 radical (unpaired) electrons. The van der Waals surface area contributed by atoms with Crippen LogP contribution in [0, 0.1) is 0 Å². The highest BCUT2D eigenvalue weighted by atomic mass is 35.5. The molecule has 0 saturated carbocycles. The van der Waals surface area contributed by atoms with Gasteiger partial charge in [-0.05, 0) is 53.7 Å². The minimum absolute atomic E-state index is 0.0109. The summed E-state index contributed by atoms with van der Waals surface area (Å²) in [4.78, 5) is 35.5. The van der Waals surface area contributed by atoms with Crippen LogP contribution in [0.2, 0.25) is 5.02 Å². The molecule has 1 aromatic rings. The Morgan fingerprint density at radius 2 is 1.58 bits per heavy atom. The Balaban J connectivity index is 3.05. The van der Waals surface area contributed by atoms with E-state index in [0.29, 0.717) is 0 Å². The quantitative estimate of drug-likeness (QED) is 0.761. The largest absolute Gasteiger partial charge is 0.479 e. The van der Waals surface area contributed by atoms with Gasteiger partial charge in [-0.1, -0.05) is 17.7 Å². The topological polar surface area (TPSA) is 102 Å². The van der Waals surface area contributed by atoms with E-state index >= 15 is 0 Å². The maximum Gasteiger partial charge on any atom is 0.408 e. The number of esters is 1. The van der Waals surface area contributed by atoms with Gasteiger partial charge in [-0.25, -0.2) is 14.4 Å². The molecule has 0 aliphatic heterocycles. The highest BCUT2D eigenvalue weighted by Crippen LogP contribution is 2.26. The van der Waals surface area contributed by atoms with Crippen LogP contribution in [-0.2, 0) is 14.3 Å². The summed E-state index contributed by atoms with van der Waals surface area (Å²) in [7, 11) is 0. The predicted molar refractivity (Wildman–Crippen MR) is 96.4 cm³/mol. The Morgan fingerprint density at radius 3 is 2.00 bits per heavy atom. The average molecular weight is 386 g/mol. The Hall–Kier alpha value is -2.28. The van der Waals surface area contributed by atoms with Crippen molar-refractivity contribution < 1.29 is 29.0 Å². The van der Waals surface area contributed by atoms with Crippen LogP contribution in [0.4, 0.5) is 4.79 Å². The van der Waals surface area contributed by atoms with Crippen molar-refractivity contribution in [2.75, 3.05) is 0 Å². The molecule has 8 heteroatoms. The lowest BCUT2D eigenvalue weighted by Gasteiger charge is -2.23. The maximum atomic E-state index is 12.1. The number of carbonyl (C=O) groups is 3. The first-order valence-electron chi connectivity index (χ1n) is 7.95. The Labute approximate surface area is 157 Å². The number of halogens is 1. The van der Waals surface area contributed by atoms with Crippen molar-refractivity contribution >= 4 is 29.6 Å². The molecule has 0 aliphatic rings.